The molecule has 0 radical (unpaired) electrons. The molecule has 1 rings (SSSR count). The Hall–Kier alpha value is -1.63. The number of rotatable bonds is 6. The van der Waals surface area contributed by atoms with Crippen LogP contribution in [0.1, 0.15) is 32.1 Å². The van der Waals surface area contributed by atoms with Crippen molar-refractivity contribution < 1.29 is 19.5 Å². The van der Waals surface area contributed by atoms with Crippen molar-refractivity contribution in [2.75, 3.05) is 0 Å². The van der Waals surface area contributed by atoms with Crippen molar-refractivity contribution in [1.29, 1.82) is 0 Å². The standard InChI is InChI=1S/C10H17N3O4/c11-7(14)3-2-6(8(15)16)13-9(17)10(12)4-1-5-10/h6H,1-5,12H2,(H2,11,14)(H,13,17)(H,15,16). The quantitative estimate of drug-likeness (QED) is 0.460. The van der Waals surface area contributed by atoms with Gasteiger partial charge < -0.3 is 21.9 Å². The van der Waals surface area contributed by atoms with E-state index >= 15 is 0 Å². The molecular formula is C10H17N3O4. The largest absolute Gasteiger partial charge is 0.480 e. The molecule has 1 aliphatic rings. The van der Waals surface area contributed by atoms with Crippen LogP contribution < -0.4 is 16.8 Å². The number of nitrogens with one attached hydrogen (secondary N) is 1. The summed E-state index contributed by atoms with van der Waals surface area (Å²) in [4.78, 5) is 33.1. The highest BCUT2D eigenvalue weighted by Gasteiger charge is 2.41. The first-order valence-electron chi connectivity index (χ1n) is 5.46. The maximum Gasteiger partial charge on any atom is 0.326 e. The van der Waals surface area contributed by atoms with Crippen LogP contribution in [0.15, 0.2) is 0 Å². The van der Waals surface area contributed by atoms with E-state index in [1.807, 2.05) is 0 Å². The van der Waals surface area contributed by atoms with Crippen LogP contribution in [0.3, 0.4) is 0 Å². The SMILES string of the molecule is NC(=O)CCC(NC(=O)C1(N)CCC1)C(=O)O. The normalized spacial score (nSPS) is 18.9. The van der Waals surface area contributed by atoms with Gasteiger partial charge in [-0.3, -0.25) is 9.59 Å². The van der Waals surface area contributed by atoms with Crippen molar-refractivity contribution in [1.82, 2.24) is 5.32 Å². The fourth-order valence-electron chi connectivity index (χ4n) is 1.63. The molecule has 0 saturated heterocycles. The minimum Gasteiger partial charge on any atom is -0.480 e. The average Bonchev–Trinajstić information content (AvgIpc) is 2.19. The molecule has 6 N–H and O–H groups in total. The Kier molecular flexibility index (Phi) is 4.06. The lowest BCUT2D eigenvalue weighted by atomic mass is 9.77. The minimum absolute atomic E-state index is 0.0213. The second kappa shape index (κ2) is 5.13. The predicted molar refractivity (Wildman–Crippen MR) is 58.8 cm³/mol. The Balaban J connectivity index is 2.51. The van der Waals surface area contributed by atoms with Crippen LogP contribution >= 0.6 is 0 Å². The summed E-state index contributed by atoms with van der Waals surface area (Å²) in [6, 6.07) is -1.11. The summed E-state index contributed by atoms with van der Waals surface area (Å²) >= 11 is 0. The van der Waals surface area contributed by atoms with Crippen molar-refractivity contribution in [3.8, 4) is 0 Å². The number of aliphatic carboxylic acids is 1. The predicted octanol–water partition coefficient (Wildman–Crippen LogP) is -1.30. The van der Waals surface area contributed by atoms with Gasteiger partial charge in [0.05, 0.1) is 5.54 Å². The monoisotopic (exact) mass is 243 g/mol. The molecule has 0 aliphatic heterocycles. The lowest BCUT2D eigenvalue weighted by Gasteiger charge is -2.37. The van der Waals surface area contributed by atoms with Crippen LogP contribution in [0.2, 0.25) is 0 Å². The molecule has 2 amide bonds. The van der Waals surface area contributed by atoms with E-state index in [0.717, 1.165) is 6.42 Å². The number of amides is 2. The lowest BCUT2D eigenvalue weighted by Crippen LogP contribution is -2.61. The zero-order chi connectivity index (χ0) is 13.1. The number of carboxylic acid groups (broad SMARTS) is 1. The van der Waals surface area contributed by atoms with E-state index in [9.17, 15) is 14.4 Å². The molecule has 0 heterocycles. The van der Waals surface area contributed by atoms with Gasteiger partial charge in [-0.25, -0.2) is 4.79 Å². The van der Waals surface area contributed by atoms with E-state index in [-0.39, 0.29) is 12.8 Å². The van der Waals surface area contributed by atoms with Gasteiger partial charge in [0.1, 0.15) is 6.04 Å². The molecule has 0 aromatic rings. The highest BCUT2D eigenvalue weighted by atomic mass is 16.4. The van der Waals surface area contributed by atoms with Crippen molar-refractivity contribution in [2.45, 2.75) is 43.7 Å². The van der Waals surface area contributed by atoms with E-state index < -0.39 is 29.4 Å². The molecule has 0 aromatic carbocycles. The third kappa shape index (κ3) is 3.42. The molecule has 1 atom stereocenters. The van der Waals surface area contributed by atoms with Crippen molar-refractivity contribution in [2.24, 2.45) is 11.5 Å². The Bertz CT molecular complexity index is 338. The maximum atomic E-state index is 11.7. The number of carboxylic acids is 1. The fourth-order valence-corrected chi connectivity index (χ4v) is 1.63. The fraction of sp³-hybridized carbons (Fsp3) is 0.700. The summed E-state index contributed by atoms with van der Waals surface area (Å²) in [5.41, 5.74) is 9.74. The Morgan fingerprint density at radius 1 is 1.35 bits per heavy atom. The topological polar surface area (TPSA) is 136 Å². The third-order valence-corrected chi connectivity index (χ3v) is 2.98. The molecule has 7 heteroatoms. The van der Waals surface area contributed by atoms with Gasteiger partial charge in [0, 0.05) is 6.42 Å². The first kappa shape index (κ1) is 13.4. The summed E-state index contributed by atoms with van der Waals surface area (Å²) in [6.07, 6.45) is 1.87. The second-order valence-corrected chi connectivity index (χ2v) is 4.38. The van der Waals surface area contributed by atoms with Crippen LogP contribution in [0.25, 0.3) is 0 Å². The second-order valence-electron chi connectivity index (χ2n) is 4.38. The molecule has 7 nitrogen and oxygen atoms in total. The number of carbonyl (C=O) groups is 3. The van der Waals surface area contributed by atoms with E-state index in [2.05, 4.69) is 5.32 Å². The van der Waals surface area contributed by atoms with Gasteiger partial charge in [-0.05, 0) is 25.7 Å². The van der Waals surface area contributed by atoms with Gasteiger partial charge in [-0.15, -0.1) is 0 Å². The lowest BCUT2D eigenvalue weighted by molar-refractivity contribution is -0.143. The molecule has 1 fully saturated rings. The summed E-state index contributed by atoms with van der Waals surface area (Å²) in [5, 5.41) is 11.2. The van der Waals surface area contributed by atoms with Crippen molar-refractivity contribution >= 4 is 17.8 Å². The van der Waals surface area contributed by atoms with Gasteiger partial charge in [0.25, 0.3) is 0 Å². The summed E-state index contributed by atoms with van der Waals surface area (Å²) in [5.74, 6) is -2.26. The van der Waals surface area contributed by atoms with E-state index in [1.165, 1.54) is 0 Å². The molecule has 17 heavy (non-hydrogen) atoms. The molecule has 1 aliphatic carbocycles. The van der Waals surface area contributed by atoms with E-state index in [0.29, 0.717) is 12.8 Å². The molecule has 1 unspecified atom stereocenters. The first-order chi connectivity index (χ1) is 7.85. The minimum atomic E-state index is -1.19. The Labute approximate surface area is 98.5 Å². The molecule has 0 bridgehead atoms. The van der Waals surface area contributed by atoms with Gasteiger partial charge in [-0.2, -0.15) is 0 Å². The van der Waals surface area contributed by atoms with Crippen LogP contribution in [0, 0.1) is 0 Å². The Morgan fingerprint density at radius 3 is 2.29 bits per heavy atom. The molecule has 0 spiro atoms. The number of nitrogens with two attached hydrogens (primary N) is 2. The summed E-state index contributed by atoms with van der Waals surface area (Å²) in [7, 11) is 0. The van der Waals surface area contributed by atoms with E-state index in [1.54, 1.807) is 0 Å². The smallest absolute Gasteiger partial charge is 0.326 e. The highest BCUT2D eigenvalue weighted by molar-refractivity contribution is 5.90. The number of primary amides is 1. The van der Waals surface area contributed by atoms with Gasteiger partial charge in [0.2, 0.25) is 11.8 Å². The number of carbonyl (C=O) groups excluding carboxylic acids is 2. The summed E-state index contributed by atoms with van der Waals surface area (Å²) < 4.78 is 0. The van der Waals surface area contributed by atoms with Crippen LogP contribution in [-0.4, -0.2) is 34.5 Å². The van der Waals surface area contributed by atoms with Gasteiger partial charge in [-0.1, -0.05) is 0 Å². The Morgan fingerprint density at radius 2 is 1.94 bits per heavy atom. The molecule has 0 aromatic heterocycles. The van der Waals surface area contributed by atoms with Crippen LogP contribution in [0.5, 0.6) is 0 Å². The van der Waals surface area contributed by atoms with E-state index in [4.69, 9.17) is 16.6 Å². The van der Waals surface area contributed by atoms with Gasteiger partial charge >= 0.3 is 5.97 Å². The third-order valence-electron chi connectivity index (χ3n) is 2.98. The first-order valence-corrected chi connectivity index (χ1v) is 5.46. The zero-order valence-corrected chi connectivity index (χ0v) is 9.44. The molecule has 96 valence electrons. The zero-order valence-electron chi connectivity index (χ0n) is 9.44. The average molecular weight is 243 g/mol. The summed E-state index contributed by atoms with van der Waals surface area (Å²) in [6.45, 7) is 0. The molecule has 1 saturated carbocycles. The van der Waals surface area contributed by atoms with Crippen molar-refractivity contribution in [3.05, 3.63) is 0 Å². The van der Waals surface area contributed by atoms with Gasteiger partial charge in [0.15, 0.2) is 0 Å². The molecular weight excluding hydrogens is 226 g/mol. The maximum absolute atomic E-state index is 11.7. The number of hydrogen-bond donors (Lipinski definition) is 4. The highest BCUT2D eigenvalue weighted by Crippen LogP contribution is 2.29. The van der Waals surface area contributed by atoms with Crippen molar-refractivity contribution in [3.63, 3.8) is 0 Å². The van der Waals surface area contributed by atoms with Crippen LogP contribution in [-0.2, 0) is 14.4 Å². The van der Waals surface area contributed by atoms with Crippen LogP contribution in [0.4, 0.5) is 0 Å². The number of hydrogen-bond acceptors (Lipinski definition) is 4.